The number of pyridine rings is 1. The number of ether oxygens (including phenoxy) is 1. The number of nitrogens with zero attached hydrogens (tertiary/aromatic N) is 5. The Morgan fingerprint density at radius 1 is 1.06 bits per heavy atom. The molecule has 0 saturated carbocycles. The fourth-order valence-corrected chi connectivity index (χ4v) is 3.92. The van der Waals surface area contributed by atoms with Crippen LogP contribution in [0.15, 0.2) is 67.1 Å². The Balaban J connectivity index is 1.64. The van der Waals surface area contributed by atoms with Gasteiger partial charge in [0.15, 0.2) is 11.5 Å². The predicted molar refractivity (Wildman–Crippen MR) is 131 cm³/mol. The Morgan fingerprint density at radius 3 is 2.63 bits per heavy atom. The molecule has 35 heavy (non-hydrogen) atoms. The Bertz CT molecular complexity index is 1570. The minimum Gasteiger partial charge on any atom is -0.494 e. The van der Waals surface area contributed by atoms with Gasteiger partial charge in [0.2, 0.25) is 0 Å². The van der Waals surface area contributed by atoms with Crippen LogP contribution in [0, 0.1) is 12.7 Å². The molecule has 2 aromatic carbocycles. The van der Waals surface area contributed by atoms with Crippen LogP contribution in [0.5, 0.6) is 5.75 Å². The zero-order chi connectivity index (χ0) is 24.5. The van der Waals surface area contributed by atoms with Crippen molar-refractivity contribution in [3.63, 3.8) is 0 Å². The first-order chi connectivity index (χ1) is 16.9. The minimum absolute atomic E-state index is 0.296. The van der Waals surface area contributed by atoms with E-state index in [9.17, 15) is 9.18 Å². The fourth-order valence-electron chi connectivity index (χ4n) is 3.92. The number of aryl methyl sites for hydroxylation is 2. The van der Waals surface area contributed by atoms with E-state index in [0.29, 0.717) is 33.7 Å². The Kier molecular flexibility index (Phi) is 5.66. The zero-order valence-corrected chi connectivity index (χ0v) is 19.3. The summed E-state index contributed by atoms with van der Waals surface area (Å²) in [7, 11) is 3.33. The van der Waals surface area contributed by atoms with Gasteiger partial charge in [-0.05, 0) is 25.1 Å². The minimum atomic E-state index is -0.709. The van der Waals surface area contributed by atoms with Gasteiger partial charge in [-0.15, -0.1) is 0 Å². The van der Waals surface area contributed by atoms with E-state index >= 15 is 0 Å². The monoisotopic (exact) mass is 468 g/mol. The van der Waals surface area contributed by atoms with Crippen LogP contribution in [0.4, 0.5) is 10.1 Å². The molecular weight excluding hydrogens is 447 g/mol. The van der Waals surface area contributed by atoms with Crippen LogP contribution in [0.2, 0.25) is 0 Å². The number of rotatable bonds is 5. The predicted octanol–water partition coefficient (Wildman–Crippen LogP) is 4.80. The smallest absolute Gasteiger partial charge is 0.277 e. The first-order valence-corrected chi connectivity index (χ1v) is 10.8. The first-order valence-electron chi connectivity index (χ1n) is 10.8. The topological polar surface area (TPSA) is 94.8 Å². The number of halogens is 1. The fraction of sp³-hybridized carbons (Fsp3) is 0.115. The van der Waals surface area contributed by atoms with E-state index in [2.05, 4.69) is 25.4 Å². The van der Waals surface area contributed by atoms with Gasteiger partial charge in [-0.3, -0.25) is 9.48 Å². The number of benzene rings is 2. The number of methoxy groups -OCH3 is 1. The summed E-state index contributed by atoms with van der Waals surface area (Å²) in [5.41, 5.74) is 4.35. The number of nitrogens with one attached hydrogen (secondary N) is 1. The van der Waals surface area contributed by atoms with E-state index in [0.717, 1.165) is 16.8 Å². The number of carbonyl (C=O) groups is 1. The van der Waals surface area contributed by atoms with E-state index < -0.39 is 11.7 Å². The van der Waals surface area contributed by atoms with E-state index in [1.165, 1.54) is 25.6 Å². The Morgan fingerprint density at radius 2 is 1.86 bits per heavy atom. The molecule has 0 spiro atoms. The second-order valence-electron chi connectivity index (χ2n) is 7.96. The molecule has 1 amide bonds. The molecule has 0 bridgehead atoms. The largest absolute Gasteiger partial charge is 0.494 e. The number of fused-ring (bicyclic) bond motifs is 1. The highest BCUT2D eigenvalue weighted by molar-refractivity contribution is 6.06. The van der Waals surface area contributed by atoms with Gasteiger partial charge in [0.1, 0.15) is 17.8 Å². The third kappa shape index (κ3) is 4.19. The lowest BCUT2D eigenvalue weighted by atomic mass is 10.0. The third-order valence-corrected chi connectivity index (χ3v) is 5.54. The van der Waals surface area contributed by atoms with Crippen molar-refractivity contribution < 1.29 is 13.9 Å². The van der Waals surface area contributed by atoms with Crippen LogP contribution in [-0.4, -0.2) is 37.7 Å². The van der Waals surface area contributed by atoms with Gasteiger partial charge in [0.25, 0.3) is 5.91 Å². The molecule has 3 heterocycles. The van der Waals surface area contributed by atoms with Crippen molar-refractivity contribution in [2.75, 3.05) is 12.4 Å². The van der Waals surface area contributed by atoms with Crippen LogP contribution in [0.25, 0.3) is 33.4 Å². The second kappa shape index (κ2) is 8.94. The molecule has 1 N–H and O–H groups in total. The van der Waals surface area contributed by atoms with Gasteiger partial charge in [-0.25, -0.2) is 19.3 Å². The summed E-state index contributed by atoms with van der Waals surface area (Å²) in [6, 6.07) is 15.9. The molecule has 3 aromatic heterocycles. The number of anilines is 1. The highest BCUT2D eigenvalue weighted by Gasteiger charge is 2.20. The van der Waals surface area contributed by atoms with E-state index in [4.69, 9.17) is 4.74 Å². The molecule has 5 rings (SSSR count). The summed E-state index contributed by atoms with van der Waals surface area (Å²) >= 11 is 0. The maximum absolute atomic E-state index is 14.3. The van der Waals surface area contributed by atoms with Crippen LogP contribution >= 0.6 is 0 Å². The maximum Gasteiger partial charge on any atom is 0.277 e. The Hall–Kier alpha value is -4.66. The molecule has 174 valence electrons. The number of hydrogen-bond donors (Lipinski definition) is 1. The molecule has 0 fully saturated rings. The summed E-state index contributed by atoms with van der Waals surface area (Å²) < 4.78 is 21.5. The van der Waals surface area contributed by atoms with Crippen molar-refractivity contribution >= 4 is 22.5 Å². The van der Waals surface area contributed by atoms with Gasteiger partial charge in [-0.2, -0.15) is 5.10 Å². The molecule has 0 aliphatic heterocycles. The van der Waals surface area contributed by atoms with Crippen molar-refractivity contribution in [2.45, 2.75) is 6.92 Å². The number of hydrogen-bond acceptors (Lipinski definition) is 6. The van der Waals surface area contributed by atoms with Gasteiger partial charge >= 0.3 is 0 Å². The van der Waals surface area contributed by atoms with Crippen LogP contribution in [0.1, 0.15) is 16.2 Å². The SMILES string of the molecule is COc1cc2ncnc(-c3cn(C)nc3-c3ccccc3)c2cc1NC(=O)c1nc(C)ccc1F. The summed E-state index contributed by atoms with van der Waals surface area (Å²) in [6.45, 7) is 1.69. The molecule has 0 saturated heterocycles. The molecule has 0 unspecified atom stereocenters. The molecule has 0 aliphatic rings. The second-order valence-corrected chi connectivity index (χ2v) is 7.96. The van der Waals surface area contributed by atoms with Crippen molar-refractivity contribution in [2.24, 2.45) is 7.05 Å². The summed E-state index contributed by atoms with van der Waals surface area (Å²) in [4.78, 5) is 25.8. The molecule has 0 atom stereocenters. The average Bonchev–Trinajstić information content (AvgIpc) is 3.26. The molecular formula is C26H21FN6O2. The normalized spacial score (nSPS) is 11.0. The first kappa shape index (κ1) is 22.1. The standard InChI is InChI=1S/C26H21FN6O2/c1-15-9-10-19(27)25(30-15)26(34)31-21-11-17-20(12-22(21)35-3)28-14-29-24(17)18-13-33(2)32-23(18)16-7-5-4-6-8-16/h4-14H,1-3H3,(H,31,34). The molecule has 0 radical (unpaired) electrons. The van der Waals surface area contributed by atoms with Gasteiger partial charge in [0.05, 0.1) is 24.0 Å². The van der Waals surface area contributed by atoms with Crippen molar-refractivity contribution in [1.82, 2.24) is 24.7 Å². The van der Waals surface area contributed by atoms with Crippen molar-refractivity contribution in [3.8, 4) is 28.3 Å². The van der Waals surface area contributed by atoms with Gasteiger partial charge < -0.3 is 10.1 Å². The lowest BCUT2D eigenvalue weighted by Gasteiger charge is -2.13. The highest BCUT2D eigenvalue weighted by Crippen LogP contribution is 2.37. The number of aromatic nitrogens is 5. The third-order valence-electron chi connectivity index (χ3n) is 5.54. The quantitative estimate of drug-likeness (QED) is 0.398. The van der Waals surface area contributed by atoms with Gasteiger partial charge in [0, 0.05) is 41.5 Å². The number of carbonyl (C=O) groups excluding carboxylic acids is 1. The lowest BCUT2D eigenvalue weighted by Crippen LogP contribution is -2.16. The molecule has 5 aromatic rings. The average molecular weight is 468 g/mol. The summed E-state index contributed by atoms with van der Waals surface area (Å²) in [5.74, 6) is -1.02. The summed E-state index contributed by atoms with van der Waals surface area (Å²) in [5, 5.41) is 8.04. The Labute approximate surface area is 200 Å². The van der Waals surface area contributed by atoms with Crippen LogP contribution in [-0.2, 0) is 7.05 Å². The van der Waals surface area contributed by atoms with Crippen molar-refractivity contribution in [1.29, 1.82) is 0 Å². The number of amides is 1. The van der Waals surface area contributed by atoms with Crippen LogP contribution < -0.4 is 10.1 Å². The molecule has 8 nitrogen and oxygen atoms in total. The molecule has 0 aliphatic carbocycles. The summed E-state index contributed by atoms with van der Waals surface area (Å²) in [6.07, 6.45) is 3.36. The highest BCUT2D eigenvalue weighted by atomic mass is 19.1. The lowest BCUT2D eigenvalue weighted by molar-refractivity contribution is 0.101. The van der Waals surface area contributed by atoms with E-state index in [1.54, 1.807) is 23.7 Å². The van der Waals surface area contributed by atoms with E-state index in [-0.39, 0.29) is 5.69 Å². The van der Waals surface area contributed by atoms with Gasteiger partial charge in [-0.1, -0.05) is 30.3 Å². The molecule has 9 heteroatoms. The van der Waals surface area contributed by atoms with Crippen molar-refractivity contribution in [3.05, 3.63) is 84.3 Å². The zero-order valence-electron chi connectivity index (χ0n) is 19.3. The van der Waals surface area contributed by atoms with E-state index in [1.807, 2.05) is 43.6 Å². The van der Waals surface area contributed by atoms with Crippen LogP contribution in [0.3, 0.4) is 0 Å². The maximum atomic E-state index is 14.3.